The van der Waals surface area contributed by atoms with Crippen LogP contribution in [0, 0.1) is 5.95 Å². The van der Waals surface area contributed by atoms with Crippen molar-refractivity contribution in [2.24, 2.45) is 0 Å². The van der Waals surface area contributed by atoms with Crippen molar-refractivity contribution in [1.82, 2.24) is 10.3 Å². The highest BCUT2D eigenvalue weighted by Gasteiger charge is 2.64. The van der Waals surface area contributed by atoms with E-state index >= 15 is 0 Å². The van der Waals surface area contributed by atoms with E-state index < -0.39 is 23.6 Å². The fourth-order valence-corrected chi connectivity index (χ4v) is 1.42. The number of pyridine rings is 1. The number of rotatable bonds is 2. The first-order chi connectivity index (χ1) is 7.84. The highest BCUT2D eigenvalue weighted by molar-refractivity contribution is 5.93. The maximum absolute atomic E-state index is 12.7. The Kier molecular flexibility index (Phi) is 2.56. The van der Waals surface area contributed by atoms with Gasteiger partial charge in [-0.05, 0) is 25.0 Å². The number of halogens is 4. The maximum atomic E-state index is 12.7. The molecular formula is C10H8F4N2O. The second-order valence-corrected chi connectivity index (χ2v) is 3.88. The van der Waals surface area contributed by atoms with E-state index in [0.717, 1.165) is 12.1 Å². The smallest absolute Gasteiger partial charge is 0.336 e. The predicted molar refractivity (Wildman–Crippen MR) is 49.7 cm³/mol. The van der Waals surface area contributed by atoms with Gasteiger partial charge in [0.25, 0.3) is 5.91 Å². The van der Waals surface area contributed by atoms with Crippen molar-refractivity contribution in [3.05, 3.63) is 29.8 Å². The van der Waals surface area contributed by atoms with E-state index in [9.17, 15) is 22.4 Å². The average Bonchev–Trinajstić information content (AvgIpc) is 2.98. The molecule has 0 radical (unpaired) electrons. The molecule has 3 nitrogen and oxygen atoms in total. The van der Waals surface area contributed by atoms with Gasteiger partial charge in [-0.2, -0.15) is 17.6 Å². The maximum Gasteiger partial charge on any atom is 0.411 e. The van der Waals surface area contributed by atoms with Gasteiger partial charge in [-0.1, -0.05) is 6.07 Å². The molecule has 1 aliphatic rings. The Labute approximate surface area is 93.8 Å². The molecule has 0 aromatic carbocycles. The zero-order chi connectivity index (χ0) is 12.7. The molecule has 17 heavy (non-hydrogen) atoms. The molecule has 2 rings (SSSR count). The molecule has 1 N–H and O–H groups in total. The molecule has 1 saturated carbocycles. The van der Waals surface area contributed by atoms with E-state index in [0.29, 0.717) is 0 Å². The SMILES string of the molecule is O=C(NC1(C(F)(F)F)CC1)c1cccc(F)n1. The number of hydrogen-bond acceptors (Lipinski definition) is 2. The van der Waals surface area contributed by atoms with Crippen LogP contribution < -0.4 is 5.32 Å². The number of nitrogens with one attached hydrogen (secondary N) is 1. The fraction of sp³-hybridized carbons (Fsp3) is 0.400. The van der Waals surface area contributed by atoms with Crippen molar-refractivity contribution in [3.63, 3.8) is 0 Å². The van der Waals surface area contributed by atoms with Crippen molar-refractivity contribution in [2.45, 2.75) is 24.6 Å². The number of hydrogen-bond donors (Lipinski definition) is 1. The monoisotopic (exact) mass is 248 g/mol. The van der Waals surface area contributed by atoms with Crippen LogP contribution in [0.2, 0.25) is 0 Å². The first kappa shape index (κ1) is 11.8. The number of carbonyl (C=O) groups is 1. The molecule has 1 aliphatic carbocycles. The molecule has 0 atom stereocenters. The van der Waals surface area contributed by atoms with Gasteiger partial charge in [-0.15, -0.1) is 0 Å². The Morgan fingerprint density at radius 3 is 2.47 bits per heavy atom. The summed E-state index contributed by atoms with van der Waals surface area (Å²) in [5, 5.41) is 1.86. The number of amides is 1. The molecule has 1 heterocycles. The highest BCUT2D eigenvalue weighted by Crippen LogP contribution is 2.48. The van der Waals surface area contributed by atoms with Crippen molar-refractivity contribution in [1.29, 1.82) is 0 Å². The molecule has 1 aromatic rings. The average molecular weight is 248 g/mol. The van der Waals surface area contributed by atoms with Crippen molar-refractivity contribution < 1.29 is 22.4 Å². The third-order valence-electron chi connectivity index (χ3n) is 2.59. The summed E-state index contributed by atoms with van der Waals surface area (Å²) < 4.78 is 50.3. The van der Waals surface area contributed by atoms with Gasteiger partial charge in [-0.3, -0.25) is 4.79 Å². The van der Waals surface area contributed by atoms with E-state index in [1.165, 1.54) is 6.07 Å². The molecule has 0 spiro atoms. The molecule has 7 heteroatoms. The Morgan fingerprint density at radius 1 is 1.35 bits per heavy atom. The lowest BCUT2D eigenvalue weighted by atomic mass is 10.2. The van der Waals surface area contributed by atoms with Crippen LogP contribution in [0.25, 0.3) is 0 Å². The van der Waals surface area contributed by atoms with Crippen LogP contribution in [0.5, 0.6) is 0 Å². The van der Waals surface area contributed by atoms with E-state index in [-0.39, 0.29) is 18.5 Å². The summed E-state index contributed by atoms with van der Waals surface area (Å²) in [4.78, 5) is 14.7. The number of aromatic nitrogens is 1. The van der Waals surface area contributed by atoms with Crippen LogP contribution in [0.1, 0.15) is 23.3 Å². The molecule has 0 bridgehead atoms. The van der Waals surface area contributed by atoms with Crippen LogP contribution in [0.15, 0.2) is 18.2 Å². The Morgan fingerprint density at radius 2 is 2.00 bits per heavy atom. The summed E-state index contributed by atoms with van der Waals surface area (Å²) >= 11 is 0. The molecule has 0 saturated heterocycles. The number of nitrogens with zero attached hydrogens (tertiary/aromatic N) is 1. The summed E-state index contributed by atoms with van der Waals surface area (Å²) in [6.45, 7) is 0. The lowest BCUT2D eigenvalue weighted by Gasteiger charge is -2.20. The van der Waals surface area contributed by atoms with Gasteiger partial charge in [0.05, 0.1) is 0 Å². The van der Waals surface area contributed by atoms with E-state index in [1.807, 2.05) is 5.32 Å². The van der Waals surface area contributed by atoms with Gasteiger partial charge in [0.1, 0.15) is 11.2 Å². The third kappa shape index (κ3) is 2.22. The molecule has 1 fully saturated rings. The standard InChI is InChI=1S/C10H8F4N2O/c11-7-3-1-2-6(15-7)8(17)16-9(4-5-9)10(12,13)14/h1-3H,4-5H2,(H,16,17). The molecule has 1 aromatic heterocycles. The van der Waals surface area contributed by atoms with Crippen LogP contribution in [0.4, 0.5) is 17.6 Å². The number of alkyl halides is 3. The van der Waals surface area contributed by atoms with Gasteiger partial charge < -0.3 is 5.32 Å². The third-order valence-corrected chi connectivity index (χ3v) is 2.59. The highest BCUT2D eigenvalue weighted by atomic mass is 19.4. The van der Waals surface area contributed by atoms with E-state index in [4.69, 9.17) is 0 Å². The zero-order valence-corrected chi connectivity index (χ0v) is 8.51. The number of carbonyl (C=O) groups excluding carboxylic acids is 1. The normalized spacial score (nSPS) is 17.6. The van der Waals surface area contributed by atoms with Gasteiger partial charge >= 0.3 is 6.18 Å². The van der Waals surface area contributed by atoms with Crippen molar-refractivity contribution in [2.75, 3.05) is 0 Å². The topological polar surface area (TPSA) is 42.0 Å². The zero-order valence-electron chi connectivity index (χ0n) is 8.51. The van der Waals surface area contributed by atoms with Crippen molar-refractivity contribution >= 4 is 5.91 Å². The van der Waals surface area contributed by atoms with Gasteiger partial charge in [0, 0.05) is 0 Å². The van der Waals surface area contributed by atoms with Gasteiger partial charge in [-0.25, -0.2) is 4.98 Å². The van der Waals surface area contributed by atoms with E-state index in [2.05, 4.69) is 4.98 Å². The van der Waals surface area contributed by atoms with Crippen LogP contribution >= 0.6 is 0 Å². The minimum Gasteiger partial charge on any atom is -0.336 e. The van der Waals surface area contributed by atoms with Gasteiger partial charge in [0.15, 0.2) is 0 Å². The Hall–Kier alpha value is -1.66. The lowest BCUT2D eigenvalue weighted by molar-refractivity contribution is -0.163. The largest absolute Gasteiger partial charge is 0.411 e. The molecule has 0 unspecified atom stereocenters. The summed E-state index contributed by atoms with van der Waals surface area (Å²) in [5.41, 5.74) is -2.52. The molecule has 0 aliphatic heterocycles. The van der Waals surface area contributed by atoms with Crippen LogP contribution in [0.3, 0.4) is 0 Å². The summed E-state index contributed by atoms with van der Waals surface area (Å²) in [5.74, 6) is -1.92. The quantitative estimate of drug-likeness (QED) is 0.642. The lowest BCUT2D eigenvalue weighted by Crippen LogP contribution is -2.48. The second-order valence-electron chi connectivity index (χ2n) is 3.88. The minimum atomic E-state index is -4.49. The Balaban J connectivity index is 2.13. The Bertz CT molecular complexity index is 454. The summed E-state index contributed by atoms with van der Waals surface area (Å²) in [6, 6.07) is 3.38. The van der Waals surface area contributed by atoms with E-state index in [1.54, 1.807) is 0 Å². The first-order valence-corrected chi connectivity index (χ1v) is 4.86. The van der Waals surface area contributed by atoms with Crippen LogP contribution in [-0.2, 0) is 0 Å². The molecular weight excluding hydrogens is 240 g/mol. The minimum absolute atomic E-state index is 0.155. The van der Waals surface area contributed by atoms with Crippen molar-refractivity contribution in [3.8, 4) is 0 Å². The molecule has 1 amide bonds. The molecule has 92 valence electrons. The predicted octanol–water partition coefficient (Wildman–Crippen LogP) is 2.05. The second kappa shape index (κ2) is 3.68. The fourth-order valence-electron chi connectivity index (χ4n) is 1.42. The summed E-state index contributed by atoms with van der Waals surface area (Å²) in [7, 11) is 0. The van der Waals surface area contributed by atoms with Crippen LogP contribution in [-0.4, -0.2) is 22.6 Å². The van der Waals surface area contributed by atoms with Gasteiger partial charge in [0.2, 0.25) is 5.95 Å². The summed E-state index contributed by atoms with van der Waals surface area (Å²) in [6.07, 6.45) is -4.80. The first-order valence-electron chi connectivity index (χ1n) is 4.86.